The quantitative estimate of drug-likeness (QED) is 0.791. The highest BCUT2D eigenvalue weighted by atomic mass is 35.5. The fourth-order valence-electron chi connectivity index (χ4n) is 3.42. The fourth-order valence-corrected chi connectivity index (χ4v) is 4.34. The van der Waals surface area contributed by atoms with Gasteiger partial charge in [-0.2, -0.15) is 0 Å². The van der Waals surface area contributed by atoms with Crippen molar-refractivity contribution in [2.24, 2.45) is 5.92 Å². The topological polar surface area (TPSA) is 61.9 Å². The fraction of sp³-hybridized carbons (Fsp3) is 0.556. The highest BCUT2D eigenvalue weighted by Crippen LogP contribution is 2.33. The average molecular weight is 435 g/mol. The van der Waals surface area contributed by atoms with Crippen molar-refractivity contribution in [1.82, 2.24) is 9.80 Å². The number of benzene rings is 1. The number of piperidine rings is 1. The second kappa shape index (κ2) is 9.43. The molecule has 1 N–H and O–H groups in total. The summed E-state index contributed by atoms with van der Waals surface area (Å²) < 4.78 is 5.30. The largest absolute Gasteiger partial charge is 0.378 e. The van der Waals surface area contributed by atoms with Gasteiger partial charge in [-0.1, -0.05) is 34.8 Å². The summed E-state index contributed by atoms with van der Waals surface area (Å²) in [6.07, 6.45) is 1.51. The molecule has 148 valence electrons. The van der Waals surface area contributed by atoms with E-state index in [4.69, 9.17) is 39.5 Å². The van der Waals surface area contributed by atoms with Crippen molar-refractivity contribution < 1.29 is 14.3 Å². The van der Waals surface area contributed by atoms with Crippen LogP contribution in [0.5, 0.6) is 0 Å². The molecule has 0 spiro atoms. The van der Waals surface area contributed by atoms with Crippen LogP contribution in [-0.4, -0.2) is 67.6 Å². The number of nitrogens with one attached hydrogen (secondary N) is 1. The van der Waals surface area contributed by atoms with Crippen LogP contribution in [0.25, 0.3) is 0 Å². The standard InChI is InChI=1S/C18H22Cl3N3O3/c19-13-9-14(20)17(15(21)10-13)22-16(25)11-23-3-1-12(2-4-23)18(26)24-5-7-27-8-6-24/h9-10,12H,1-8,11H2,(H,22,25). The van der Waals surface area contributed by atoms with Crippen LogP contribution < -0.4 is 5.32 Å². The molecule has 0 radical (unpaired) electrons. The number of hydrogen-bond donors (Lipinski definition) is 1. The molecular weight excluding hydrogens is 413 g/mol. The Kier molecular flexibility index (Phi) is 7.22. The molecule has 2 aliphatic rings. The first kappa shape index (κ1) is 20.7. The van der Waals surface area contributed by atoms with Crippen LogP contribution in [0.4, 0.5) is 5.69 Å². The van der Waals surface area contributed by atoms with Gasteiger partial charge < -0.3 is 15.0 Å². The Morgan fingerprint density at radius 3 is 2.22 bits per heavy atom. The van der Waals surface area contributed by atoms with E-state index in [2.05, 4.69) is 5.32 Å². The summed E-state index contributed by atoms with van der Waals surface area (Å²) in [7, 11) is 0. The molecule has 9 heteroatoms. The number of halogens is 3. The molecule has 0 aromatic heterocycles. The SMILES string of the molecule is O=C(CN1CCC(C(=O)N2CCOCC2)CC1)Nc1c(Cl)cc(Cl)cc1Cl. The predicted octanol–water partition coefficient (Wildman–Crippen LogP) is 3.16. The van der Waals surface area contributed by atoms with E-state index in [1.54, 1.807) is 0 Å². The normalized spacial score (nSPS) is 19.1. The highest BCUT2D eigenvalue weighted by molar-refractivity contribution is 6.42. The minimum atomic E-state index is -0.195. The molecule has 2 saturated heterocycles. The summed E-state index contributed by atoms with van der Waals surface area (Å²) in [5.74, 6) is 0.0452. The average Bonchev–Trinajstić information content (AvgIpc) is 2.65. The van der Waals surface area contributed by atoms with E-state index in [9.17, 15) is 9.59 Å². The number of hydrogen-bond acceptors (Lipinski definition) is 4. The predicted molar refractivity (Wildman–Crippen MR) is 107 cm³/mol. The molecule has 2 fully saturated rings. The van der Waals surface area contributed by atoms with Gasteiger partial charge in [0, 0.05) is 24.0 Å². The lowest BCUT2D eigenvalue weighted by atomic mass is 9.95. The molecule has 0 unspecified atom stereocenters. The van der Waals surface area contributed by atoms with Gasteiger partial charge in [-0.15, -0.1) is 0 Å². The molecule has 0 saturated carbocycles. The van der Waals surface area contributed by atoms with Gasteiger partial charge in [0.05, 0.1) is 35.5 Å². The van der Waals surface area contributed by atoms with E-state index in [0.29, 0.717) is 60.1 Å². The van der Waals surface area contributed by atoms with Crippen molar-refractivity contribution in [3.8, 4) is 0 Å². The Hall–Kier alpha value is -1.05. The minimum absolute atomic E-state index is 0.0302. The molecule has 0 aliphatic carbocycles. The Bertz CT molecular complexity index is 679. The van der Waals surface area contributed by atoms with E-state index in [0.717, 1.165) is 12.8 Å². The summed E-state index contributed by atoms with van der Waals surface area (Å²) in [5.41, 5.74) is 0.366. The lowest BCUT2D eigenvalue weighted by Gasteiger charge is -2.35. The van der Waals surface area contributed by atoms with Gasteiger partial charge in [0.1, 0.15) is 0 Å². The number of carbonyl (C=O) groups excluding carboxylic acids is 2. The number of nitrogens with zero attached hydrogens (tertiary/aromatic N) is 2. The van der Waals surface area contributed by atoms with Crippen LogP contribution in [0.15, 0.2) is 12.1 Å². The summed E-state index contributed by atoms with van der Waals surface area (Å²) in [5, 5.41) is 3.76. The van der Waals surface area contributed by atoms with Crippen molar-refractivity contribution in [2.45, 2.75) is 12.8 Å². The van der Waals surface area contributed by atoms with Gasteiger partial charge in [-0.25, -0.2) is 0 Å². The number of amides is 2. The molecular formula is C18H22Cl3N3O3. The molecule has 0 bridgehead atoms. The number of rotatable bonds is 4. The van der Waals surface area contributed by atoms with Crippen molar-refractivity contribution >= 4 is 52.3 Å². The summed E-state index contributed by atoms with van der Waals surface area (Å²) in [6.45, 7) is 4.20. The molecule has 2 aliphatic heterocycles. The minimum Gasteiger partial charge on any atom is -0.378 e. The van der Waals surface area contributed by atoms with Crippen LogP contribution in [0.3, 0.4) is 0 Å². The summed E-state index contributed by atoms with van der Waals surface area (Å²) >= 11 is 18.1. The lowest BCUT2D eigenvalue weighted by molar-refractivity contribution is -0.141. The first-order valence-corrected chi connectivity index (χ1v) is 10.1. The molecule has 6 nitrogen and oxygen atoms in total. The second-order valence-electron chi connectivity index (χ2n) is 6.78. The smallest absolute Gasteiger partial charge is 0.238 e. The molecule has 2 heterocycles. The van der Waals surface area contributed by atoms with Crippen molar-refractivity contribution in [1.29, 1.82) is 0 Å². The van der Waals surface area contributed by atoms with E-state index in [1.807, 2.05) is 9.80 Å². The number of ether oxygens (including phenoxy) is 1. The van der Waals surface area contributed by atoms with Crippen LogP contribution in [0.1, 0.15) is 12.8 Å². The summed E-state index contributed by atoms with van der Waals surface area (Å²) in [6, 6.07) is 3.07. The van der Waals surface area contributed by atoms with E-state index in [1.165, 1.54) is 12.1 Å². The van der Waals surface area contributed by atoms with Gasteiger partial charge in [0.25, 0.3) is 0 Å². The van der Waals surface area contributed by atoms with Crippen LogP contribution in [0, 0.1) is 5.92 Å². The van der Waals surface area contributed by atoms with Gasteiger partial charge in [-0.3, -0.25) is 14.5 Å². The molecule has 2 amide bonds. The second-order valence-corrected chi connectivity index (χ2v) is 8.03. The van der Waals surface area contributed by atoms with Gasteiger partial charge >= 0.3 is 0 Å². The molecule has 3 rings (SSSR count). The molecule has 0 atom stereocenters. The van der Waals surface area contributed by atoms with Crippen LogP contribution >= 0.6 is 34.8 Å². The van der Waals surface area contributed by atoms with Crippen molar-refractivity contribution in [3.63, 3.8) is 0 Å². The Balaban J connectivity index is 1.47. The third-order valence-corrected chi connectivity index (χ3v) is 5.71. The maximum atomic E-state index is 12.6. The molecule has 27 heavy (non-hydrogen) atoms. The zero-order valence-electron chi connectivity index (χ0n) is 14.8. The Labute approximate surface area is 173 Å². The Morgan fingerprint density at radius 2 is 1.63 bits per heavy atom. The van der Waals surface area contributed by atoms with Gasteiger partial charge in [0.2, 0.25) is 11.8 Å². The third-order valence-electron chi connectivity index (χ3n) is 4.90. The van der Waals surface area contributed by atoms with E-state index < -0.39 is 0 Å². The van der Waals surface area contributed by atoms with Crippen LogP contribution in [0.2, 0.25) is 15.1 Å². The Morgan fingerprint density at radius 1 is 1.04 bits per heavy atom. The van der Waals surface area contributed by atoms with E-state index in [-0.39, 0.29) is 24.3 Å². The number of carbonyl (C=O) groups is 2. The lowest BCUT2D eigenvalue weighted by Crippen LogP contribution is -2.47. The van der Waals surface area contributed by atoms with Crippen molar-refractivity contribution in [2.75, 3.05) is 51.3 Å². The third kappa shape index (κ3) is 5.48. The number of morpholine rings is 1. The summed E-state index contributed by atoms with van der Waals surface area (Å²) in [4.78, 5) is 28.8. The maximum Gasteiger partial charge on any atom is 0.238 e. The van der Waals surface area contributed by atoms with Gasteiger partial charge in [0.15, 0.2) is 0 Å². The molecule has 1 aromatic rings. The number of anilines is 1. The highest BCUT2D eigenvalue weighted by Gasteiger charge is 2.30. The maximum absolute atomic E-state index is 12.6. The van der Waals surface area contributed by atoms with Crippen molar-refractivity contribution in [3.05, 3.63) is 27.2 Å². The first-order chi connectivity index (χ1) is 12.9. The zero-order valence-corrected chi connectivity index (χ0v) is 17.1. The zero-order chi connectivity index (χ0) is 19.4. The first-order valence-electron chi connectivity index (χ1n) is 8.97. The van der Waals surface area contributed by atoms with E-state index >= 15 is 0 Å². The van der Waals surface area contributed by atoms with Crippen LogP contribution in [-0.2, 0) is 14.3 Å². The number of likely N-dealkylation sites (tertiary alicyclic amines) is 1. The molecule has 1 aromatic carbocycles. The van der Waals surface area contributed by atoms with Gasteiger partial charge in [-0.05, 0) is 38.1 Å². The monoisotopic (exact) mass is 433 g/mol.